The quantitative estimate of drug-likeness (QED) is 0.823. The van der Waals surface area contributed by atoms with Crippen LogP contribution in [0.5, 0.6) is 0 Å². The first-order valence-corrected chi connectivity index (χ1v) is 7.06. The predicted molar refractivity (Wildman–Crippen MR) is 87.2 cm³/mol. The lowest BCUT2D eigenvalue weighted by molar-refractivity contribution is 0.566. The van der Waals surface area contributed by atoms with Gasteiger partial charge in [-0.15, -0.1) is 0 Å². The summed E-state index contributed by atoms with van der Waals surface area (Å²) in [6.45, 7) is 8.22. The lowest BCUT2D eigenvalue weighted by Crippen LogP contribution is -2.15. The first kappa shape index (κ1) is 13.6. The number of hydrogen-bond donors (Lipinski definition) is 2. The summed E-state index contributed by atoms with van der Waals surface area (Å²) in [5, 5.41) is 5.70. The second-order valence-electron chi connectivity index (χ2n) is 6.39. The van der Waals surface area contributed by atoms with E-state index in [1.54, 1.807) is 0 Å². The average Bonchev–Trinajstić information content (AvgIpc) is 2.92. The largest absolute Gasteiger partial charge is 0.301 e. The van der Waals surface area contributed by atoms with Crippen LogP contribution >= 0.6 is 0 Å². The summed E-state index contributed by atoms with van der Waals surface area (Å²) in [7, 11) is 0. The zero-order chi connectivity index (χ0) is 15.2. The van der Waals surface area contributed by atoms with Crippen LogP contribution in [0.25, 0.3) is 11.6 Å². The molecule has 2 N–H and O–H groups in total. The lowest BCUT2D eigenvalue weighted by Gasteiger charge is -2.17. The maximum Gasteiger partial charge on any atom is 0.271 e. The van der Waals surface area contributed by atoms with Crippen molar-refractivity contribution in [2.24, 2.45) is 4.99 Å². The third-order valence-electron chi connectivity index (χ3n) is 3.73. The highest BCUT2D eigenvalue weighted by Crippen LogP contribution is 2.36. The Labute approximate surface area is 123 Å². The van der Waals surface area contributed by atoms with Crippen molar-refractivity contribution in [2.45, 2.75) is 33.1 Å². The fourth-order valence-corrected chi connectivity index (χ4v) is 2.66. The van der Waals surface area contributed by atoms with Crippen LogP contribution in [0.1, 0.15) is 44.5 Å². The zero-order valence-corrected chi connectivity index (χ0v) is 12.7. The van der Waals surface area contributed by atoms with E-state index in [2.05, 4.69) is 36.0 Å². The first-order valence-electron chi connectivity index (χ1n) is 7.06. The molecular formula is C17H19N3O. The van der Waals surface area contributed by atoms with Gasteiger partial charge in [0.1, 0.15) is 0 Å². The van der Waals surface area contributed by atoms with Gasteiger partial charge >= 0.3 is 0 Å². The summed E-state index contributed by atoms with van der Waals surface area (Å²) in [6.07, 6.45) is 1.95. The number of aromatic nitrogens is 2. The van der Waals surface area contributed by atoms with Crippen molar-refractivity contribution in [3.8, 4) is 0 Å². The van der Waals surface area contributed by atoms with Crippen molar-refractivity contribution in [3.05, 3.63) is 51.4 Å². The number of nitrogens with zero attached hydrogens (tertiary/aromatic N) is 1. The minimum absolute atomic E-state index is 0.0930. The molecular weight excluding hydrogens is 262 g/mol. The Hall–Kier alpha value is -2.36. The van der Waals surface area contributed by atoms with Crippen LogP contribution in [-0.4, -0.2) is 15.9 Å². The van der Waals surface area contributed by atoms with Crippen LogP contribution in [0, 0.1) is 0 Å². The molecule has 0 unspecified atom stereocenters. The normalized spacial score (nSPS) is 16.2. The van der Waals surface area contributed by atoms with Crippen LogP contribution in [0.15, 0.2) is 34.1 Å². The number of nitrogens with one attached hydrogen (secondary N) is 2. The van der Waals surface area contributed by atoms with Gasteiger partial charge < -0.3 is 5.10 Å². The van der Waals surface area contributed by atoms with Gasteiger partial charge in [-0.1, -0.05) is 39.0 Å². The fraction of sp³-hybridized carbons (Fsp3) is 0.294. The predicted octanol–water partition coefficient (Wildman–Crippen LogP) is 3.65. The molecule has 0 fully saturated rings. The van der Waals surface area contributed by atoms with E-state index in [0.717, 1.165) is 28.2 Å². The molecule has 1 aliphatic rings. The molecule has 0 aliphatic carbocycles. The molecule has 0 bridgehead atoms. The maximum absolute atomic E-state index is 12.1. The Balaban J connectivity index is 2.19. The molecule has 0 saturated carbocycles. The second kappa shape index (κ2) is 4.58. The molecule has 3 rings (SSSR count). The highest BCUT2D eigenvalue weighted by molar-refractivity contribution is 6.31. The lowest BCUT2D eigenvalue weighted by atomic mass is 9.88. The van der Waals surface area contributed by atoms with Gasteiger partial charge in [-0.05, 0) is 19.1 Å². The van der Waals surface area contributed by atoms with Crippen molar-refractivity contribution in [1.82, 2.24) is 10.2 Å². The Morgan fingerprint density at radius 3 is 2.57 bits per heavy atom. The SMILES string of the molecule is CC1=Nc2ccccc2C1=Cc1c(C(C)(C)C)[nH][nH]c1=O. The molecule has 0 spiro atoms. The van der Waals surface area contributed by atoms with E-state index in [-0.39, 0.29) is 11.0 Å². The third kappa shape index (κ3) is 2.27. The average molecular weight is 281 g/mol. The zero-order valence-electron chi connectivity index (χ0n) is 12.7. The summed E-state index contributed by atoms with van der Waals surface area (Å²) in [5.74, 6) is 0. The van der Waals surface area contributed by atoms with E-state index in [1.807, 2.05) is 37.3 Å². The van der Waals surface area contributed by atoms with E-state index in [9.17, 15) is 4.79 Å². The van der Waals surface area contributed by atoms with Gasteiger partial charge in [0.25, 0.3) is 5.56 Å². The number of allylic oxidation sites excluding steroid dienone is 1. The Morgan fingerprint density at radius 1 is 1.14 bits per heavy atom. The Morgan fingerprint density at radius 2 is 1.86 bits per heavy atom. The highest BCUT2D eigenvalue weighted by Gasteiger charge is 2.23. The van der Waals surface area contributed by atoms with Crippen LogP contribution in [0.4, 0.5) is 5.69 Å². The van der Waals surface area contributed by atoms with Gasteiger partial charge in [-0.3, -0.25) is 14.9 Å². The maximum atomic E-state index is 12.1. The highest BCUT2D eigenvalue weighted by atomic mass is 16.1. The molecule has 0 radical (unpaired) electrons. The number of rotatable bonds is 1. The van der Waals surface area contributed by atoms with Crippen molar-refractivity contribution in [1.29, 1.82) is 0 Å². The van der Waals surface area contributed by atoms with E-state index in [0.29, 0.717) is 5.56 Å². The molecule has 1 aromatic heterocycles. The number of fused-ring (bicyclic) bond motifs is 1. The second-order valence-corrected chi connectivity index (χ2v) is 6.39. The van der Waals surface area contributed by atoms with Gasteiger partial charge in [-0.2, -0.15) is 0 Å². The molecule has 0 atom stereocenters. The Kier molecular flexibility index (Phi) is 2.97. The number of hydrogen-bond acceptors (Lipinski definition) is 2. The summed E-state index contributed by atoms with van der Waals surface area (Å²) in [4.78, 5) is 16.7. The molecule has 4 heteroatoms. The van der Waals surface area contributed by atoms with Crippen LogP contribution in [0.3, 0.4) is 0 Å². The van der Waals surface area contributed by atoms with E-state index in [4.69, 9.17) is 0 Å². The molecule has 1 aromatic carbocycles. The number of H-pyrrole nitrogens is 2. The summed E-state index contributed by atoms with van der Waals surface area (Å²) in [6, 6.07) is 8.00. The molecule has 2 aromatic rings. The minimum atomic E-state index is -0.130. The molecule has 0 amide bonds. The number of para-hydroxylation sites is 1. The van der Waals surface area contributed by atoms with Gasteiger partial charge in [0, 0.05) is 28.0 Å². The van der Waals surface area contributed by atoms with E-state index >= 15 is 0 Å². The molecule has 1 aliphatic heterocycles. The fourth-order valence-electron chi connectivity index (χ4n) is 2.66. The minimum Gasteiger partial charge on any atom is -0.301 e. The summed E-state index contributed by atoms with van der Waals surface area (Å²) < 4.78 is 0. The van der Waals surface area contributed by atoms with Gasteiger partial charge in [0.05, 0.1) is 11.3 Å². The van der Waals surface area contributed by atoms with Gasteiger partial charge in [-0.25, -0.2) is 0 Å². The topological polar surface area (TPSA) is 61.0 Å². The van der Waals surface area contributed by atoms with Crippen molar-refractivity contribution in [3.63, 3.8) is 0 Å². The van der Waals surface area contributed by atoms with Gasteiger partial charge in [0.15, 0.2) is 0 Å². The Bertz CT molecular complexity index is 813. The van der Waals surface area contributed by atoms with E-state index in [1.165, 1.54) is 0 Å². The molecule has 4 nitrogen and oxygen atoms in total. The molecule has 0 saturated heterocycles. The van der Waals surface area contributed by atoms with Crippen molar-refractivity contribution in [2.75, 3.05) is 0 Å². The number of benzene rings is 1. The number of aromatic amines is 2. The summed E-state index contributed by atoms with van der Waals surface area (Å²) in [5.41, 5.74) is 5.37. The van der Waals surface area contributed by atoms with Crippen LogP contribution in [0.2, 0.25) is 0 Å². The van der Waals surface area contributed by atoms with Crippen molar-refractivity contribution < 1.29 is 0 Å². The summed E-state index contributed by atoms with van der Waals surface area (Å²) >= 11 is 0. The van der Waals surface area contributed by atoms with E-state index < -0.39 is 0 Å². The number of aliphatic imine (C=N–C) groups is 1. The first-order chi connectivity index (χ1) is 9.88. The van der Waals surface area contributed by atoms with Crippen LogP contribution < -0.4 is 5.56 Å². The monoisotopic (exact) mass is 281 g/mol. The van der Waals surface area contributed by atoms with Crippen molar-refractivity contribution >= 4 is 23.0 Å². The third-order valence-corrected chi connectivity index (χ3v) is 3.73. The molecule has 21 heavy (non-hydrogen) atoms. The molecule has 108 valence electrons. The van der Waals surface area contributed by atoms with Gasteiger partial charge in [0.2, 0.25) is 0 Å². The van der Waals surface area contributed by atoms with Crippen LogP contribution in [-0.2, 0) is 5.41 Å². The smallest absolute Gasteiger partial charge is 0.271 e. The molecule has 2 heterocycles. The standard InChI is InChI=1S/C17H19N3O/c1-10-12(11-7-5-6-8-14(11)18-10)9-13-15(17(2,3)4)19-20-16(13)21/h5-9H,1-4H3,(H2,19,20,21).